The van der Waals surface area contributed by atoms with Gasteiger partial charge in [0, 0.05) is 25.2 Å². The molecule has 0 fully saturated rings. The van der Waals surface area contributed by atoms with E-state index < -0.39 is 0 Å². The van der Waals surface area contributed by atoms with Crippen LogP contribution in [0, 0.1) is 25.6 Å². The van der Waals surface area contributed by atoms with Crippen molar-refractivity contribution in [1.82, 2.24) is 15.1 Å². The molecule has 0 aliphatic rings. The Kier molecular flexibility index (Phi) is 6.12. The number of carbonyl (C=O) groups excluding carboxylic acids is 1. The molecule has 1 heterocycles. The highest BCUT2D eigenvalue weighted by atomic mass is 19.1. The minimum Gasteiger partial charge on any atom is -0.352 e. The van der Waals surface area contributed by atoms with Gasteiger partial charge >= 0.3 is 0 Å². The first-order valence-corrected chi connectivity index (χ1v) is 8.41. The topological polar surface area (TPSA) is 46.9 Å². The van der Waals surface area contributed by atoms with E-state index in [9.17, 15) is 9.18 Å². The van der Waals surface area contributed by atoms with Gasteiger partial charge < -0.3 is 5.32 Å². The molecule has 2 rings (SSSR count). The van der Waals surface area contributed by atoms with Gasteiger partial charge in [-0.15, -0.1) is 0 Å². The molecule has 0 spiro atoms. The molecule has 0 unspecified atom stereocenters. The van der Waals surface area contributed by atoms with Crippen molar-refractivity contribution in [2.75, 3.05) is 0 Å². The van der Waals surface area contributed by atoms with Crippen molar-refractivity contribution in [2.45, 2.75) is 53.6 Å². The molecule has 1 N–H and O–H groups in total. The van der Waals surface area contributed by atoms with E-state index in [4.69, 9.17) is 0 Å². The molecular weight excluding hydrogens is 305 g/mol. The molecule has 1 amide bonds. The number of nitrogens with one attached hydrogen (secondary N) is 1. The number of halogens is 1. The number of aromatic nitrogens is 2. The quantitative estimate of drug-likeness (QED) is 0.843. The van der Waals surface area contributed by atoms with E-state index in [2.05, 4.69) is 31.2 Å². The van der Waals surface area contributed by atoms with Crippen LogP contribution in [0.3, 0.4) is 0 Å². The number of carbonyl (C=O) groups is 1. The van der Waals surface area contributed by atoms with Crippen molar-refractivity contribution in [2.24, 2.45) is 5.92 Å². The third-order valence-corrected chi connectivity index (χ3v) is 4.07. The second-order valence-electron chi connectivity index (χ2n) is 6.63. The van der Waals surface area contributed by atoms with Crippen molar-refractivity contribution in [3.05, 3.63) is 52.6 Å². The maximum absolute atomic E-state index is 12.9. The molecule has 0 saturated heterocycles. The molecule has 0 radical (unpaired) electrons. The highest BCUT2D eigenvalue weighted by molar-refractivity contribution is 5.76. The third kappa shape index (κ3) is 4.91. The first-order chi connectivity index (χ1) is 11.4. The molecule has 1 aromatic carbocycles. The van der Waals surface area contributed by atoms with Crippen LogP contribution in [0.2, 0.25) is 0 Å². The SMILES string of the molecule is Cc1nn(CC(C)C)c(C)c1CCC(=O)NCc1ccc(F)cc1. The summed E-state index contributed by atoms with van der Waals surface area (Å²) < 4.78 is 14.9. The standard InChI is InChI=1S/C19H26FN3O/c1-13(2)12-23-15(4)18(14(3)22-23)9-10-19(24)21-11-16-5-7-17(20)8-6-16/h5-8,13H,9-12H2,1-4H3,(H,21,24). The van der Waals surface area contributed by atoms with Crippen molar-refractivity contribution in [3.8, 4) is 0 Å². The zero-order chi connectivity index (χ0) is 17.7. The Bertz CT molecular complexity index is 689. The van der Waals surface area contributed by atoms with Crippen LogP contribution in [-0.2, 0) is 24.3 Å². The van der Waals surface area contributed by atoms with Crippen LogP contribution in [0.5, 0.6) is 0 Å². The second-order valence-corrected chi connectivity index (χ2v) is 6.63. The fourth-order valence-corrected chi connectivity index (χ4v) is 2.75. The molecule has 0 aliphatic carbocycles. The van der Waals surface area contributed by atoms with E-state index in [1.165, 1.54) is 12.1 Å². The van der Waals surface area contributed by atoms with Gasteiger partial charge in [0.25, 0.3) is 0 Å². The Balaban J connectivity index is 1.87. The van der Waals surface area contributed by atoms with E-state index in [0.29, 0.717) is 25.3 Å². The Morgan fingerprint density at radius 3 is 2.54 bits per heavy atom. The van der Waals surface area contributed by atoms with Crippen molar-refractivity contribution in [1.29, 1.82) is 0 Å². The van der Waals surface area contributed by atoms with Crippen LogP contribution in [0.1, 0.15) is 42.8 Å². The Hall–Kier alpha value is -2.17. The summed E-state index contributed by atoms with van der Waals surface area (Å²) >= 11 is 0. The first kappa shape index (κ1) is 18.2. The van der Waals surface area contributed by atoms with Gasteiger partial charge in [-0.25, -0.2) is 4.39 Å². The second kappa shape index (κ2) is 8.08. The average molecular weight is 331 g/mol. The van der Waals surface area contributed by atoms with Gasteiger partial charge in [-0.05, 0) is 49.4 Å². The monoisotopic (exact) mass is 331 g/mol. The summed E-state index contributed by atoms with van der Waals surface area (Å²) in [7, 11) is 0. The fourth-order valence-electron chi connectivity index (χ4n) is 2.75. The predicted octanol–water partition coefficient (Wildman–Crippen LogP) is 3.54. The third-order valence-electron chi connectivity index (χ3n) is 4.07. The molecule has 1 aromatic heterocycles. The van der Waals surface area contributed by atoms with Crippen molar-refractivity contribution < 1.29 is 9.18 Å². The summed E-state index contributed by atoms with van der Waals surface area (Å²) in [5, 5.41) is 7.46. The molecule has 0 aliphatic heterocycles. The van der Waals surface area contributed by atoms with Crippen LogP contribution in [0.25, 0.3) is 0 Å². The number of aryl methyl sites for hydroxylation is 1. The van der Waals surface area contributed by atoms with Gasteiger partial charge in [0.2, 0.25) is 5.91 Å². The van der Waals surface area contributed by atoms with E-state index in [1.807, 2.05) is 11.6 Å². The maximum atomic E-state index is 12.9. The molecule has 24 heavy (non-hydrogen) atoms. The highest BCUT2D eigenvalue weighted by Crippen LogP contribution is 2.16. The molecule has 5 heteroatoms. The van der Waals surface area contributed by atoms with Gasteiger partial charge in [-0.3, -0.25) is 9.48 Å². The number of amides is 1. The first-order valence-electron chi connectivity index (χ1n) is 8.41. The summed E-state index contributed by atoms with van der Waals surface area (Å²) in [4.78, 5) is 12.1. The van der Waals surface area contributed by atoms with Crippen LogP contribution in [-0.4, -0.2) is 15.7 Å². The Morgan fingerprint density at radius 2 is 1.92 bits per heavy atom. The number of benzene rings is 1. The van der Waals surface area contributed by atoms with Gasteiger partial charge in [0.1, 0.15) is 5.82 Å². The largest absolute Gasteiger partial charge is 0.352 e. The van der Waals surface area contributed by atoms with E-state index >= 15 is 0 Å². The molecule has 0 atom stereocenters. The van der Waals surface area contributed by atoms with Gasteiger partial charge in [-0.1, -0.05) is 26.0 Å². The predicted molar refractivity (Wildman–Crippen MR) is 93.1 cm³/mol. The van der Waals surface area contributed by atoms with Crippen LogP contribution in [0.15, 0.2) is 24.3 Å². The average Bonchev–Trinajstić information content (AvgIpc) is 2.78. The fraction of sp³-hybridized carbons (Fsp3) is 0.474. The van der Waals surface area contributed by atoms with E-state index in [1.54, 1.807) is 12.1 Å². The maximum Gasteiger partial charge on any atom is 0.220 e. The molecule has 0 bridgehead atoms. The molecule has 4 nitrogen and oxygen atoms in total. The minimum atomic E-state index is -0.269. The lowest BCUT2D eigenvalue weighted by atomic mass is 10.1. The number of rotatable bonds is 7. The zero-order valence-corrected chi connectivity index (χ0v) is 14.9. The molecule has 130 valence electrons. The number of nitrogens with zero attached hydrogens (tertiary/aromatic N) is 2. The summed E-state index contributed by atoms with van der Waals surface area (Å²) in [6.45, 7) is 9.70. The summed E-state index contributed by atoms with van der Waals surface area (Å²) in [5.74, 6) is 0.263. The lowest BCUT2D eigenvalue weighted by Gasteiger charge is -2.08. The minimum absolute atomic E-state index is 0.00488. The summed E-state index contributed by atoms with van der Waals surface area (Å²) in [5.41, 5.74) is 4.20. The van der Waals surface area contributed by atoms with Crippen LogP contribution < -0.4 is 5.32 Å². The Labute approximate surface area is 143 Å². The van der Waals surface area contributed by atoms with Crippen LogP contribution in [0.4, 0.5) is 4.39 Å². The molecular formula is C19H26FN3O. The number of hydrogen-bond donors (Lipinski definition) is 1. The van der Waals surface area contributed by atoms with Crippen molar-refractivity contribution in [3.63, 3.8) is 0 Å². The highest BCUT2D eigenvalue weighted by Gasteiger charge is 2.13. The number of hydrogen-bond acceptors (Lipinski definition) is 2. The Morgan fingerprint density at radius 1 is 1.25 bits per heavy atom. The lowest BCUT2D eigenvalue weighted by Crippen LogP contribution is -2.23. The zero-order valence-electron chi connectivity index (χ0n) is 14.9. The molecule has 0 saturated carbocycles. The lowest BCUT2D eigenvalue weighted by molar-refractivity contribution is -0.121. The summed E-state index contributed by atoms with van der Waals surface area (Å²) in [6, 6.07) is 6.16. The van der Waals surface area contributed by atoms with Crippen LogP contribution >= 0.6 is 0 Å². The van der Waals surface area contributed by atoms with E-state index in [0.717, 1.165) is 29.1 Å². The summed E-state index contributed by atoms with van der Waals surface area (Å²) in [6.07, 6.45) is 1.11. The van der Waals surface area contributed by atoms with E-state index in [-0.39, 0.29) is 11.7 Å². The van der Waals surface area contributed by atoms with Crippen molar-refractivity contribution >= 4 is 5.91 Å². The molecule has 2 aromatic rings. The van der Waals surface area contributed by atoms with Gasteiger partial charge in [-0.2, -0.15) is 5.10 Å². The van der Waals surface area contributed by atoms with Gasteiger partial charge in [0.05, 0.1) is 5.69 Å². The van der Waals surface area contributed by atoms with Gasteiger partial charge in [0.15, 0.2) is 0 Å². The normalized spacial score (nSPS) is 11.1. The smallest absolute Gasteiger partial charge is 0.220 e.